The van der Waals surface area contributed by atoms with Gasteiger partial charge in [0.25, 0.3) is 5.91 Å². The maximum absolute atomic E-state index is 13.4. The molecule has 2 aromatic carbocycles. The number of para-hydroxylation sites is 1. The first-order chi connectivity index (χ1) is 17.0. The topological polar surface area (TPSA) is 94.1 Å². The summed E-state index contributed by atoms with van der Waals surface area (Å²) in [7, 11) is 0. The summed E-state index contributed by atoms with van der Waals surface area (Å²) < 4.78 is 11.5. The predicted octanol–water partition coefficient (Wildman–Crippen LogP) is 4.97. The normalized spacial score (nSPS) is 15.5. The number of furan rings is 1. The number of carbonyl (C=O) groups is 2. The average Bonchev–Trinajstić information content (AvgIpc) is 3.42. The van der Waals surface area contributed by atoms with Crippen LogP contribution in [0.15, 0.2) is 107 Å². The molecule has 0 aliphatic carbocycles. The number of H-pyrrole nitrogens is 1. The molecule has 1 unspecified atom stereocenters. The molecule has 0 saturated heterocycles. The maximum Gasteiger partial charge on any atom is 0.290 e. The van der Waals surface area contributed by atoms with Crippen molar-refractivity contribution in [2.75, 3.05) is 0 Å². The highest BCUT2D eigenvalue weighted by molar-refractivity contribution is 6.15. The van der Waals surface area contributed by atoms with Crippen LogP contribution in [0, 0.1) is 6.92 Å². The maximum atomic E-state index is 13.4. The van der Waals surface area contributed by atoms with Gasteiger partial charge in [-0.25, -0.2) is 4.98 Å². The fourth-order valence-electron chi connectivity index (χ4n) is 4.18. The standard InChI is InChI=1S/C28H22N2O5/c1-18-12-13-23(34-18)26(31)24-25(30(28(33)27(24)32)17-19-7-6-14-29-16-19)20-8-5-11-22(15-20)35-21-9-3-2-4-10-21/h2-16,25,32H,17H2,1H3/p+1. The molecule has 174 valence electrons. The Hall–Kier alpha value is -4.65. The van der Waals surface area contributed by atoms with Crippen LogP contribution in [0.1, 0.15) is 33.5 Å². The van der Waals surface area contributed by atoms with E-state index in [1.165, 1.54) is 4.90 Å². The Morgan fingerprint density at radius 1 is 1.03 bits per heavy atom. The van der Waals surface area contributed by atoms with Gasteiger partial charge in [0.2, 0.25) is 5.78 Å². The predicted molar refractivity (Wildman–Crippen MR) is 127 cm³/mol. The molecule has 1 aliphatic heterocycles. The number of aliphatic hydroxyl groups excluding tert-OH is 1. The van der Waals surface area contributed by atoms with Gasteiger partial charge in [0, 0.05) is 11.6 Å². The van der Waals surface area contributed by atoms with Gasteiger partial charge in [0.15, 0.2) is 23.9 Å². The number of rotatable bonds is 7. The Bertz CT molecular complexity index is 1410. The second-order valence-corrected chi connectivity index (χ2v) is 8.24. The number of ketones is 1. The lowest BCUT2D eigenvalue weighted by atomic mass is 9.94. The zero-order valence-electron chi connectivity index (χ0n) is 19.0. The van der Waals surface area contributed by atoms with Crippen molar-refractivity contribution >= 4 is 11.7 Å². The van der Waals surface area contributed by atoms with Gasteiger partial charge in [0.1, 0.15) is 17.3 Å². The number of aliphatic hydroxyl groups is 1. The smallest absolute Gasteiger partial charge is 0.290 e. The van der Waals surface area contributed by atoms with Gasteiger partial charge in [-0.15, -0.1) is 0 Å². The monoisotopic (exact) mass is 467 g/mol. The van der Waals surface area contributed by atoms with Crippen LogP contribution < -0.4 is 9.72 Å². The van der Waals surface area contributed by atoms with Crippen LogP contribution in [0.2, 0.25) is 0 Å². The summed E-state index contributed by atoms with van der Waals surface area (Å²) in [5.41, 5.74) is 1.42. The minimum atomic E-state index is -0.833. The van der Waals surface area contributed by atoms with E-state index in [0.29, 0.717) is 22.8 Å². The summed E-state index contributed by atoms with van der Waals surface area (Å²) in [5.74, 6) is 0.0806. The number of pyridine rings is 1. The van der Waals surface area contributed by atoms with E-state index >= 15 is 0 Å². The second-order valence-electron chi connectivity index (χ2n) is 8.24. The Kier molecular flexibility index (Phi) is 5.89. The third-order valence-electron chi connectivity index (χ3n) is 5.79. The van der Waals surface area contributed by atoms with Crippen molar-refractivity contribution in [3.63, 3.8) is 0 Å². The third-order valence-corrected chi connectivity index (χ3v) is 5.79. The summed E-state index contributed by atoms with van der Waals surface area (Å²) in [5, 5.41) is 10.9. The number of aromatic amines is 1. The average molecular weight is 468 g/mol. The number of aryl methyl sites for hydroxylation is 1. The number of hydrogen-bond donors (Lipinski definition) is 1. The molecule has 3 heterocycles. The lowest BCUT2D eigenvalue weighted by molar-refractivity contribution is -0.378. The molecule has 7 heteroatoms. The fourth-order valence-corrected chi connectivity index (χ4v) is 4.18. The number of nitrogens with zero attached hydrogens (tertiary/aromatic N) is 1. The minimum Gasteiger partial charge on any atom is -0.503 e. The first kappa shape index (κ1) is 22.2. The molecule has 1 amide bonds. The molecule has 0 bridgehead atoms. The minimum absolute atomic E-state index is 0.0267. The van der Waals surface area contributed by atoms with Crippen LogP contribution in [0.25, 0.3) is 0 Å². The fraction of sp³-hybridized carbons (Fsp3) is 0.107. The second kappa shape index (κ2) is 9.30. The van der Waals surface area contributed by atoms with Crippen molar-refractivity contribution in [3.05, 3.63) is 125 Å². The van der Waals surface area contributed by atoms with Gasteiger partial charge >= 0.3 is 0 Å². The molecule has 7 nitrogen and oxygen atoms in total. The van der Waals surface area contributed by atoms with Gasteiger partial charge in [-0.2, -0.15) is 0 Å². The van der Waals surface area contributed by atoms with Crippen LogP contribution >= 0.6 is 0 Å². The summed E-state index contributed by atoms with van der Waals surface area (Å²) >= 11 is 0. The quantitative estimate of drug-likeness (QED) is 0.387. The number of amides is 1. The lowest BCUT2D eigenvalue weighted by Crippen LogP contribution is -2.31. The van der Waals surface area contributed by atoms with E-state index in [-0.39, 0.29) is 17.9 Å². The van der Waals surface area contributed by atoms with E-state index in [4.69, 9.17) is 9.15 Å². The Morgan fingerprint density at radius 3 is 2.54 bits per heavy atom. The SMILES string of the molecule is Cc1ccc(C(=O)C2=C(O)C(=O)N(Cc3ccc[nH+]c3)C2c2cccc(Oc3ccccc3)c2)o1. The van der Waals surface area contributed by atoms with E-state index in [0.717, 1.165) is 5.56 Å². The first-order valence-electron chi connectivity index (χ1n) is 11.1. The summed E-state index contributed by atoms with van der Waals surface area (Å²) in [6, 6.07) is 22.5. The van der Waals surface area contributed by atoms with Gasteiger partial charge in [-0.3, -0.25) is 9.59 Å². The summed E-state index contributed by atoms with van der Waals surface area (Å²) in [6.07, 6.45) is 3.53. The van der Waals surface area contributed by atoms with Crippen LogP contribution in [0.3, 0.4) is 0 Å². The van der Waals surface area contributed by atoms with E-state index in [1.54, 1.807) is 55.7 Å². The molecule has 1 aliphatic rings. The number of aromatic nitrogens is 1. The number of benzene rings is 2. The van der Waals surface area contributed by atoms with Crippen LogP contribution in [-0.2, 0) is 11.3 Å². The molecule has 5 rings (SSSR count). The van der Waals surface area contributed by atoms with Crippen LogP contribution in [-0.4, -0.2) is 21.7 Å². The van der Waals surface area contributed by atoms with E-state index in [9.17, 15) is 14.7 Å². The van der Waals surface area contributed by atoms with E-state index < -0.39 is 23.5 Å². The third kappa shape index (κ3) is 4.44. The summed E-state index contributed by atoms with van der Waals surface area (Å²) in [6.45, 7) is 1.91. The zero-order valence-corrected chi connectivity index (χ0v) is 19.0. The first-order valence-corrected chi connectivity index (χ1v) is 11.1. The molecule has 0 fully saturated rings. The van der Waals surface area contributed by atoms with Crippen LogP contribution in [0.4, 0.5) is 0 Å². The molecule has 0 radical (unpaired) electrons. The lowest BCUT2D eigenvalue weighted by Gasteiger charge is -2.26. The molecule has 4 aromatic rings. The van der Waals surface area contributed by atoms with E-state index in [1.807, 2.05) is 42.5 Å². The number of Topliss-reactive ketones (excluding diaryl/α,β-unsaturated/α-hetero) is 1. The van der Waals surface area contributed by atoms with Crippen molar-refractivity contribution in [1.82, 2.24) is 4.90 Å². The molecule has 0 spiro atoms. The van der Waals surface area contributed by atoms with Gasteiger partial charge in [0.05, 0.1) is 18.2 Å². The molecular weight excluding hydrogens is 444 g/mol. The van der Waals surface area contributed by atoms with Crippen LogP contribution in [0.5, 0.6) is 11.5 Å². The highest BCUT2D eigenvalue weighted by Crippen LogP contribution is 2.41. The zero-order chi connectivity index (χ0) is 24.4. The molecular formula is C28H23N2O5+. The van der Waals surface area contributed by atoms with Crippen molar-refractivity contribution in [1.29, 1.82) is 0 Å². The molecule has 2 aromatic heterocycles. The summed E-state index contributed by atoms with van der Waals surface area (Å²) in [4.78, 5) is 31.1. The van der Waals surface area contributed by atoms with E-state index in [2.05, 4.69) is 4.98 Å². The Balaban J connectivity index is 1.57. The van der Waals surface area contributed by atoms with Gasteiger partial charge in [-0.05, 0) is 55.0 Å². The van der Waals surface area contributed by atoms with Crippen molar-refractivity contribution in [3.8, 4) is 11.5 Å². The number of ether oxygens (including phenoxy) is 1. The number of carbonyl (C=O) groups excluding carboxylic acids is 2. The largest absolute Gasteiger partial charge is 0.503 e. The molecule has 35 heavy (non-hydrogen) atoms. The molecule has 2 N–H and O–H groups in total. The Labute approximate surface area is 201 Å². The molecule has 0 saturated carbocycles. The van der Waals surface area contributed by atoms with Crippen molar-refractivity contribution in [2.24, 2.45) is 0 Å². The van der Waals surface area contributed by atoms with Gasteiger partial charge < -0.3 is 19.2 Å². The number of nitrogens with one attached hydrogen (secondary N) is 1. The highest BCUT2D eigenvalue weighted by atomic mass is 16.5. The molecule has 1 atom stereocenters. The number of hydrogen-bond acceptors (Lipinski definition) is 5. The van der Waals surface area contributed by atoms with Crippen molar-refractivity contribution in [2.45, 2.75) is 19.5 Å². The Morgan fingerprint density at radius 2 is 1.83 bits per heavy atom. The highest BCUT2D eigenvalue weighted by Gasteiger charge is 2.44. The van der Waals surface area contributed by atoms with Gasteiger partial charge in [-0.1, -0.05) is 30.3 Å². The van der Waals surface area contributed by atoms with Crippen molar-refractivity contribution < 1.29 is 28.8 Å².